The molecule has 1 aliphatic rings. The Morgan fingerprint density at radius 2 is 2.50 bits per heavy atom. The van der Waals surface area contributed by atoms with E-state index in [9.17, 15) is 4.39 Å². The van der Waals surface area contributed by atoms with Gasteiger partial charge in [-0.1, -0.05) is 0 Å². The highest BCUT2D eigenvalue weighted by molar-refractivity contribution is 7.09. The SMILES string of the molecule is CC(NC1CCC(F)C1)c1nccs1. The molecule has 1 aromatic rings. The molecule has 0 bridgehead atoms. The van der Waals surface area contributed by atoms with Crippen molar-refractivity contribution in [3.05, 3.63) is 16.6 Å². The van der Waals surface area contributed by atoms with Crippen LogP contribution in [0.2, 0.25) is 0 Å². The second-order valence-electron chi connectivity index (χ2n) is 3.87. The summed E-state index contributed by atoms with van der Waals surface area (Å²) in [5, 5.41) is 6.48. The third-order valence-electron chi connectivity index (χ3n) is 2.68. The monoisotopic (exact) mass is 214 g/mol. The van der Waals surface area contributed by atoms with Crippen molar-refractivity contribution in [2.45, 2.75) is 44.4 Å². The summed E-state index contributed by atoms with van der Waals surface area (Å²) in [7, 11) is 0. The van der Waals surface area contributed by atoms with Crippen LogP contribution < -0.4 is 5.32 Å². The average molecular weight is 214 g/mol. The quantitative estimate of drug-likeness (QED) is 0.836. The van der Waals surface area contributed by atoms with Crippen LogP contribution in [-0.4, -0.2) is 17.2 Å². The molecule has 2 nitrogen and oxygen atoms in total. The molecule has 3 atom stereocenters. The number of hydrogen-bond acceptors (Lipinski definition) is 3. The molecule has 3 unspecified atom stereocenters. The Balaban J connectivity index is 1.86. The normalized spacial score (nSPS) is 29.3. The number of nitrogens with one attached hydrogen (secondary N) is 1. The van der Waals surface area contributed by atoms with Gasteiger partial charge >= 0.3 is 0 Å². The van der Waals surface area contributed by atoms with Gasteiger partial charge in [-0.15, -0.1) is 11.3 Å². The summed E-state index contributed by atoms with van der Waals surface area (Å²) in [6.07, 6.45) is 3.54. The van der Waals surface area contributed by atoms with Crippen molar-refractivity contribution < 1.29 is 4.39 Å². The van der Waals surface area contributed by atoms with Crippen molar-refractivity contribution in [2.75, 3.05) is 0 Å². The zero-order valence-corrected chi connectivity index (χ0v) is 9.06. The van der Waals surface area contributed by atoms with E-state index in [-0.39, 0.29) is 6.04 Å². The van der Waals surface area contributed by atoms with E-state index in [0.29, 0.717) is 18.9 Å². The predicted molar refractivity (Wildman–Crippen MR) is 56.2 cm³/mol. The van der Waals surface area contributed by atoms with Crippen LogP contribution in [0.4, 0.5) is 4.39 Å². The number of nitrogens with zero attached hydrogens (tertiary/aromatic N) is 1. The predicted octanol–water partition coefficient (Wildman–Crippen LogP) is 2.68. The van der Waals surface area contributed by atoms with Crippen LogP contribution in [0.3, 0.4) is 0 Å². The number of halogens is 1. The Bertz CT molecular complexity index is 276. The molecule has 0 aromatic carbocycles. The number of rotatable bonds is 3. The molecule has 1 aromatic heterocycles. The topological polar surface area (TPSA) is 24.9 Å². The lowest BCUT2D eigenvalue weighted by atomic mass is 10.2. The van der Waals surface area contributed by atoms with Gasteiger partial charge in [0.15, 0.2) is 0 Å². The lowest BCUT2D eigenvalue weighted by Gasteiger charge is -2.16. The fourth-order valence-corrected chi connectivity index (χ4v) is 2.61. The van der Waals surface area contributed by atoms with E-state index in [4.69, 9.17) is 0 Å². The van der Waals surface area contributed by atoms with Gasteiger partial charge in [0.2, 0.25) is 0 Å². The van der Waals surface area contributed by atoms with Crippen LogP contribution in [0.25, 0.3) is 0 Å². The smallest absolute Gasteiger partial charge is 0.109 e. The molecule has 1 aliphatic carbocycles. The summed E-state index contributed by atoms with van der Waals surface area (Å²) in [6.45, 7) is 2.09. The van der Waals surface area contributed by atoms with E-state index in [0.717, 1.165) is 11.4 Å². The molecule has 1 N–H and O–H groups in total. The van der Waals surface area contributed by atoms with Crippen LogP contribution in [0.1, 0.15) is 37.2 Å². The van der Waals surface area contributed by atoms with Crippen LogP contribution >= 0.6 is 11.3 Å². The van der Waals surface area contributed by atoms with Crippen LogP contribution in [0, 0.1) is 0 Å². The fraction of sp³-hybridized carbons (Fsp3) is 0.700. The van der Waals surface area contributed by atoms with Crippen molar-refractivity contribution >= 4 is 11.3 Å². The largest absolute Gasteiger partial charge is 0.305 e. The maximum Gasteiger partial charge on any atom is 0.109 e. The van der Waals surface area contributed by atoms with Gasteiger partial charge in [-0.25, -0.2) is 9.37 Å². The summed E-state index contributed by atoms with van der Waals surface area (Å²) in [4.78, 5) is 4.24. The minimum absolute atomic E-state index is 0.255. The second-order valence-corrected chi connectivity index (χ2v) is 4.79. The Kier molecular flexibility index (Phi) is 3.13. The van der Waals surface area contributed by atoms with E-state index in [2.05, 4.69) is 17.2 Å². The van der Waals surface area contributed by atoms with Gasteiger partial charge < -0.3 is 5.32 Å². The minimum atomic E-state index is -0.601. The van der Waals surface area contributed by atoms with E-state index in [1.807, 2.05) is 11.6 Å². The molecule has 0 radical (unpaired) electrons. The molecule has 0 saturated heterocycles. The summed E-state index contributed by atoms with van der Waals surface area (Å²) in [5.41, 5.74) is 0. The maximum atomic E-state index is 12.9. The van der Waals surface area contributed by atoms with Crippen molar-refractivity contribution in [3.63, 3.8) is 0 Å². The van der Waals surface area contributed by atoms with Gasteiger partial charge in [0, 0.05) is 17.6 Å². The Labute approximate surface area is 87.6 Å². The first kappa shape index (κ1) is 10.1. The lowest BCUT2D eigenvalue weighted by Crippen LogP contribution is -2.29. The highest BCUT2D eigenvalue weighted by Gasteiger charge is 2.25. The highest BCUT2D eigenvalue weighted by atomic mass is 32.1. The lowest BCUT2D eigenvalue weighted by molar-refractivity contribution is 0.330. The van der Waals surface area contributed by atoms with Gasteiger partial charge in [0.05, 0.1) is 6.04 Å². The maximum absolute atomic E-state index is 12.9. The Morgan fingerprint density at radius 1 is 1.64 bits per heavy atom. The molecular weight excluding hydrogens is 199 g/mol. The zero-order chi connectivity index (χ0) is 9.97. The van der Waals surface area contributed by atoms with Crippen molar-refractivity contribution in [1.29, 1.82) is 0 Å². The highest BCUT2D eigenvalue weighted by Crippen LogP contribution is 2.25. The second kappa shape index (κ2) is 4.36. The van der Waals surface area contributed by atoms with E-state index in [1.165, 1.54) is 0 Å². The molecule has 14 heavy (non-hydrogen) atoms. The number of hydrogen-bond donors (Lipinski definition) is 1. The van der Waals surface area contributed by atoms with Crippen molar-refractivity contribution in [3.8, 4) is 0 Å². The molecule has 1 fully saturated rings. The fourth-order valence-electron chi connectivity index (χ4n) is 1.95. The first-order chi connectivity index (χ1) is 6.75. The van der Waals surface area contributed by atoms with E-state index in [1.54, 1.807) is 11.3 Å². The molecular formula is C10H15FN2S. The molecule has 78 valence electrons. The molecule has 0 aliphatic heterocycles. The third kappa shape index (κ3) is 2.30. The summed E-state index contributed by atoms with van der Waals surface area (Å²) in [6, 6.07) is 0.592. The summed E-state index contributed by atoms with van der Waals surface area (Å²) in [5.74, 6) is 0. The molecule has 4 heteroatoms. The van der Waals surface area contributed by atoms with Crippen LogP contribution in [-0.2, 0) is 0 Å². The van der Waals surface area contributed by atoms with Crippen LogP contribution in [0.5, 0.6) is 0 Å². The molecule has 2 rings (SSSR count). The van der Waals surface area contributed by atoms with Gasteiger partial charge in [-0.3, -0.25) is 0 Å². The Hall–Kier alpha value is -0.480. The molecule has 1 heterocycles. The summed E-state index contributed by atoms with van der Waals surface area (Å²) < 4.78 is 12.9. The zero-order valence-electron chi connectivity index (χ0n) is 8.24. The van der Waals surface area contributed by atoms with Gasteiger partial charge in [0.25, 0.3) is 0 Å². The van der Waals surface area contributed by atoms with E-state index < -0.39 is 6.17 Å². The number of aromatic nitrogens is 1. The number of thiazole rings is 1. The third-order valence-corrected chi connectivity index (χ3v) is 3.63. The van der Waals surface area contributed by atoms with Gasteiger partial charge in [-0.2, -0.15) is 0 Å². The molecule has 1 saturated carbocycles. The van der Waals surface area contributed by atoms with Gasteiger partial charge in [0.1, 0.15) is 11.2 Å². The van der Waals surface area contributed by atoms with Gasteiger partial charge in [-0.05, 0) is 26.2 Å². The minimum Gasteiger partial charge on any atom is -0.305 e. The number of alkyl halides is 1. The summed E-state index contributed by atoms with van der Waals surface area (Å²) >= 11 is 1.65. The first-order valence-corrected chi connectivity index (χ1v) is 5.93. The average Bonchev–Trinajstić information content (AvgIpc) is 2.75. The van der Waals surface area contributed by atoms with E-state index >= 15 is 0 Å². The first-order valence-electron chi connectivity index (χ1n) is 5.05. The Morgan fingerprint density at radius 3 is 3.07 bits per heavy atom. The standard InChI is InChI=1S/C10H15FN2S/c1-7(10-12-4-5-14-10)13-9-3-2-8(11)6-9/h4-5,7-9,13H,2-3,6H2,1H3. The molecule has 0 amide bonds. The molecule has 0 spiro atoms. The van der Waals surface area contributed by atoms with Crippen molar-refractivity contribution in [2.24, 2.45) is 0 Å². The van der Waals surface area contributed by atoms with Crippen molar-refractivity contribution in [1.82, 2.24) is 10.3 Å². The van der Waals surface area contributed by atoms with Crippen LogP contribution in [0.15, 0.2) is 11.6 Å².